The van der Waals surface area contributed by atoms with Gasteiger partial charge in [0.15, 0.2) is 0 Å². The summed E-state index contributed by atoms with van der Waals surface area (Å²) in [4.78, 5) is 12.2. The molecule has 2 aliphatic rings. The van der Waals surface area contributed by atoms with Crippen molar-refractivity contribution in [3.8, 4) is 0 Å². The van der Waals surface area contributed by atoms with E-state index in [9.17, 15) is 9.90 Å². The van der Waals surface area contributed by atoms with E-state index in [4.69, 9.17) is 14.6 Å². The van der Waals surface area contributed by atoms with Gasteiger partial charge in [-0.25, -0.2) is 4.79 Å². The fraction of sp³-hybridized carbons (Fsp3) is 0.381. The van der Waals surface area contributed by atoms with Crippen molar-refractivity contribution < 1.29 is 18.8 Å². The molecule has 0 aliphatic heterocycles. The van der Waals surface area contributed by atoms with Gasteiger partial charge in [0.25, 0.3) is 0 Å². The minimum absolute atomic E-state index is 0.0853. The number of carbonyl (C=O) groups is 1. The summed E-state index contributed by atoms with van der Waals surface area (Å²) in [5.41, 5.74) is 6.68. The number of carboxylic acids is 1. The van der Waals surface area contributed by atoms with Gasteiger partial charge in [0, 0.05) is 12.8 Å². The first-order valence-electron chi connectivity index (χ1n) is 9.59. The zero-order chi connectivity index (χ0) is 20.8. The number of aliphatic carboxylic acids is 1. The molecule has 2 aliphatic carbocycles. The van der Waals surface area contributed by atoms with Crippen LogP contribution in [0.3, 0.4) is 0 Å². The molecule has 152 valence electrons. The third-order valence-corrected chi connectivity index (χ3v) is 6.95. The molecule has 0 aromatic rings. The molecule has 3 atom stereocenters. The van der Waals surface area contributed by atoms with Crippen molar-refractivity contribution in [1.82, 2.24) is 0 Å². The quantitative estimate of drug-likeness (QED) is 0.270. The van der Waals surface area contributed by atoms with E-state index in [1.807, 2.05) is 42.5 Å². The number of allylic oxidation sites excluding steroid dienone is 5. The van der Waals surface area contributed by atoms with Crippen molar-refractivity contribution in [2.75, 3.05) is 0 Å². The summed E-state index contributed by atoms with van der Waals surface area (Å²) < 4.78 is 11.3. The number of rotatable bonds is 8. The Labute approximate surface area is 173 Å². The van der Waals surface area contributed by atoms with E-state index in [1.165, 1.54) is 0 Å². The van der Waals surface area contributed by atoms with Crippen LogP contribution in [0.15, 0.2) is 71.4 Å². The maximum atomic E-state index is 12.2. The van der Waals surface area contributed by atoms with Crippen LogP contribution in [0, 0.1) is 5.92 Å². The van der Waals surface area contributed by atoms with Crippen LogP contribution in [0.25, 0.3) is 0 Å². The fourth-order valence-electron chi connectivity index (χ4n) is 3.25. The van der Waals surface area contributed by atoms with Gasteiger partial charge in [0.1, 0.15) is 26.7 Å². The number of hydrogen-bond acceptors (Lipinski definition) is 4. The predicted molar refractivity (Wildman–Crippen MR) is 120 cm³/mol. The highest BCUT2D eigenvalue weighted by molar-refractivity contribution is 5.99. The Bertz CT molecular complexity index is 781. The topological polar surface area (TPSA) is 81.8 Å². The van der Waals surface area contributed by atoms with Crippen LogP contribution < -0.4 is 5.73 Å². The fourth-order valence-corrected chi connectivity index (χ4v) is 3.97. The van der Waals surface area contributed by atoms with Crippen molar-refractivity contribution in [3.63, 3.8) is 0 Å². The zero-order valence-electron chi connectivity index (χ0n) is 17.1. The second kappa shape index (κ2) is 9.62. The van der Waals surface area contributed by atoms with E-state index < -0.39 is 17.3 Å². The van der Waals surface area contributed by atoms with Crippen molar-refractivity contribution in [1.29, 1.82) is 0 Å². The summed E-state index contributed by atoms with van der Waals surface area (Å²) in [7, 11) is 1.10. The van der Waals surface area contributed by atoms with E-state index in [0.29, 0.717) is 39.4 Å². The highest BCUT2D eigenvalue weighted by Gasteiger charge is 2.28. The van der Waals surface area contributed by atoms with E-state index in [-0.39, 0.29) is 5.92 Å². The number of carboxylic acid groups (broad SMARTS) is 1. The minimum atomic E-state index is -0.941. The molecule has 28 heavy (non-hydrogen) atoms. The highest BCUT2D eigenvalue weighted by Crippen LogP contribution is 2.32. The van der Waals surface area contributed by atoms with Gasteiger partial charge < -0.3 is 19.7 Å². The molecule has 3 N–H and O–H groups in total. The van der Waals surface area contributed by atoms with Crippen LogP contribution >= 0.6 is 0 Å². The van der Waals surface area contributed by atoms with Gasteiger partial charge >= 0.3 is 5.97 Å². The lowest BCUT2D eigenvalue weighted by atomic mass is 9.84. The predicted octanol–water partition coefficient (Wildman–Crippen LogP) is 1.36. The molecule has 0 fully saturated rings. The van der Waals surface area contributed by atoms with Gasteiger partial charge in [-0.3, -0.25) is 0 Å². The standard InChI is InChI=1S/C21H31NO4Si2/c1-3-15(2)18(14-20(25-27)9-5-4-6-10-20)17(19(23)24)13-16-7-11-21(22,26-28)12-8-16/h4-9,11,13-15H,3,10,12,22H2,1-2,27-28H3,(H,23,24). The molecule has 0 amide bonds. The smallest absolute Gasteiger partial charge is 0.335 e. The van der Waals surface area contributed by atoms with Crippen molar-refractivity contribution >= 4 is 26.9 Å². The summed E-state index contributed by atoms with van der Waals surface area (Å²) in [6.07, 6.45) is 19.3. The van der Waals surface area contributed by atoms with Crippen molar-refractivity contribution in [2.24, 2.45) is 11.7 Å². The molecule has 0 bridgehead atoms. The Balaban J connectivity index is 2.48. The average molecular weight is 418 g/mol. The number of nitrogens with two attached hydrogens (primary N) is 1. The number of hydrogen-bond donors (Lipinski definition) is 2. The largest absolute Gasteiger partial charge is 0.478 e. The Morgan fingerprint density at radius 1 is 1.32 bits per heavy atom. The van der Waals surface area contributed by atoms with Crippen LogP contribution in [0.2, 0.25) is 0 Å². The summed E-state index contributed by atoms with van der Waals surface area (Å²) >= 11 is 0. The third-order valence-electron chi connectivity index (χ3n) is 5.43. The molecule has 7 heteroatoms. The third kappa shape index (κ3) is 5.39. The first kappa shape index (κ1) is 22.5. The van der Waals surface area contributed by atoms with Crippen molar-refractivity contribution in [3.05, 3.63) is 71.4 Å². The normalized spacial score (nSPS) is 29.2. The zero-order valence-corrected chi connectivity index (χ0v) is 21.1. The Morgan fingerprint density at radius 3 is 2.54 bits per heavy atom. The molecule has 0 spiro atoms. The Morgan fingerprint density at radius 2 is 2.07 bits per heavy atom. The monoisotopic (exact) mass is 417 g/mol. The Kier molecular flexibility index (Phi) is 7.73. The molecule has 0 heterocycles. The van der Waals surface area contributed by atoms with E-state index in [1.54, 1.807) is 12.2 Å². The van der Waals surface area contributed by atoms with Crippen molar-refractivity contribution in [2.45, 2.75) is 44.4 Å². The second-order valence-electron chi connectivity index (χ2n) is 7.32. The van der Waals surface area contributed by atoms with Crippen LogP contribution in [0.4, 0.5) is 0 Å². The van der Waals surface area contributed by atoms with E-state index in [0.717, 1.165) is 17.6 Å². The molecule has 0 saturated carbocycles. The summed E-state index contributed by atoms with van der Waals surface area (Å²) in [6, 6.07) is 0. The maximum Gasteiger partial charge on any atom is 0.335 e. The van der Waals surface area contributed by atoms with Crippen LogP contribution in [0.1, 0.15) is 33.1 Å². The molecule has 0 aromatic heterocycles. The van der Waals surface area contributed by atoms with Crippen LogP contribution in [-0.2, 0) is 13.6 Å². The highest BCUT2D eigenvalue weighted by atomic mass is 28.2. The molecule has 2 rings (SSSR count). The summed E-state index contributed by atoms with van der Waals surface area (Å²) in [5.74, 6) is -0.856. The molecule has 0 saturated heterocycles. The van der Waals surface area contributed by atoms with Gasteiger partial charge in [0.2, 0.25) is 0 Å². The summed E-state index contributed by atoms with van der Waals surface area (Å²) in [6.45, 7) is 4.12. The van der Waals surface area contributed by atoms with E-state index >= 15 is 0 Å². The van der Waals surface area contributed by atoms with Crippen LogP contribution in [-0.4, -0.2) is 43.4 Å². The van der Waals surface area contributed by atoms with E-state index in [2.05, 4.69) is 13.8 Å². The van der Waals surface area contributed by atoms with Gasteiger partial charge in [-0.1, -0.05) is 44.2 Å². The van der Waals surface area contributed by atoms with Gasteiger partial charge in [-0.15, -0.1) is 0 Å². The lowest BCUT2D eigenvalue weighted by Crippen LogP contribution is -2.40. The summed E-state index contributed by atoms with van der Waals surface area (Å²) in [5, 5.41) is 9.99. The second-order valence-corrected chi connectivity index (χ2v) is 8.14. The minimum Gasteiger partial charge on any atom is -0.478 e. The van der Waals surface area contributed by atoms with Gasteiger partial charge in [0.05, 0.1) is 11.2 Å². The van der Waals surface area contributed by atoms with Crippen LogP contribution in [0.5, 0.6) is 0 Å². The maximum absolute atomic E-state index is 12.2. The Hall–Kier alpha value is -1.78. The molecular formula is C21H31NO4Si2. The lowest BCUT2D eigenvalue weighted by molar-refractivity contribution is -0.132. The molecule has 0 radical (unpaired) electrons. The molecular weight excluding hydrogens is 386 g/mol. The molecule has 0 aromatic carbocycles. The van der Waals surface area contributed by atoms with Gasteiger partial charge in [-0.05, 0) is 47.8 Å². The first-order chi connectivity index (χ1) is 13.3. The van der Waals surface area contributed by atoms with Gasteiger partial charge in [-0.2, -0.15) is 0 Å². The molecule has 3 unspecified atom stereocenters. The average Bonchev–Trinajstić information content (AvgIpc) is 2.72. The lowest BCUT2D eigenvalue weighted by Gasteiger charge is -2.30. The SMILES string of the molecule is CCC(C)C(=CC1(O[SiH3])C=CC=CC1)C(=CC1=CCC(N)(O[SiH3])C=C1)C(=O)O. The first-order valence-corrected chi connectivity index (χ1v) is 11.2. The molecule has 5 nitrogen and oxygen atoms in total.